The maximum absolute atomic E-state index is 11.8. The number of esters is 1. The van der Waals surface area contributed by atoms with Crippen LogP contribution < -0.4 is 5.32 Å². The van der Waals surface area contributed by atoms with E-state index in [0.717, 1.165) is 25.7 Å². The molecule has 1 aliphatic heterocycles. The molecular weight excluding hydrogens is 194 g/mol. The molecule has 1 aliphatic carbocycles. The maximum Gasteiger partial charge on any atom is 0.307 e. The van der Waals surface area contributed by atoms with Crippen LogP contribution in [-0.2, 0) is 14.3 Å². The third-order valence-corrected chi connectivity index (χ3v) is 3.44. The van der Waals surface area contributed by atoms with Crippen LogP contribution in [0.25, 0.3) is 0 Å². The van der Waals surface area contributed by atoms with Gasteiger partial charge in [-0.1, -0.05) is 0 Å². The van der Waals surface area contributed by atoms with Crippen molar-refractivity contribution in [2.24, 2.45) is 5.92 Å². The Hall–Kier alpha value is -1.06. The first-order valence-corrected chi connectivity index (χ1v) is 5.67. The third kappa shape index (κ3) is 1.73. The zero-order valence-electron chi connectivity index (χ0n) is 9.04. The zero-order valence-corrected chi connectivity index (χ0v) is 9.04. The lowest BCUT2D eigenvalue weighted by atomic mass is 9.85. The molecule has 0 aromatic rings. The molecule has 0 aromatic heterocycles. The Bertz CT molecular complexity index is 282. The number of rotatable bonds is 2. The van der Waals surface area contributed by atoms with Crippen LogP contribution in [-0.4, -0.2) is 24.0 Å². The van der Waals surface area contributed by atoms with Gasteiger partial charge in [0.15, 0.2) is 0 Å². The van der Waals surface area contributed by atoms with Crippen molar-refractivity contribution in [1.29, 1.82) is 0 Å². The minimum atomic E-state index is -0.462. The SMILES string of the molecule is CCNC(=O)[C@@H]1CC(=O)OC12CCCC2. The van der Waals surface area contributed by atoms with Crippen LogP contribution in [0.3, 0.4) is 0 Å². The predicted octanol–water partition coefficient (Wildman–Crippen LogP) is 0.998. The summed E-state index contributed by atoms with van der Waals surface area (Å²) < 4.78 is 5.39. The third-order valence-electron chi connectivity index (χ3n) is 3.44. The molecule has 0 radical (unpaired) electrons. The maximum atomic E-state index is 11.8. The summed E-state index contributed by atoms with van der Waals surface area (Å²) >= 11 is 0. The number of carbonyl (C=O) groups is 2. The monoisotopic (exact) mass is 211 g/mol. The second-order valence-corrected chi connectivity index (χ2v) is 4.40. The fourth-order valence-corrected chi connectivity index (χ4v) is 2.75. The van der Waals surface area contributed by atoms with Gasteiger partial charge in [-0.3, -0.25) is 9.59 Å². The summed E-state index contributed by atoms with van der Waals surface area (Å²) in [6.45, 7) is 2.50. The predicted molar refractivity (Wildman–Crippen MR) is 54.1 cm³/mol. The molecule has 1 N–H and O–H groups in total. The summed E-state index contributed by atoms with van der Waals surface area (Å²) in [6, 6.07) is 0. The molecule has 1 atom stereocenters. The number of ether oxygens (including phenoxy) is 1. The van der Waals surface area contributed by atoms with Crippen molar-refractivity contribution in [3.63, 3.8) is 0 Å². The fraction of sp³-hybridized carbons (Fsp3) is 0.818. The van der Waals surface area contributed by atoms with Crippen molar-refractivity contribution in [3.05, 3.63) is 0 Å². The van der Waals surface area contributed by atoms with Gasteiger partial charge in [0.25, 0.3) is 0 Å². The van der Waals surface area contributed by atoms with Gasteiger partial charge in [0, 0.05) is 6.54 Å². The van der Waals surface area contributed by atoms with Crippen LogP contribution in [0.4, 0.5) is 0 Å². The molecule has 2 rings (SSSR count). The number of nitrogens with one attached hydrogen (secondary N) is 1. The summed E-state index contributed by atoms with van der Waals surface area (Å²) in [4.78, 5) is 23.1. The first-order chi connectivity index (χ1) is 7.18. The first kappa shape index (κ1) is 10.5. The van der Waals surface area contributed by atoms with Gasteiger partial charge in [-0.25, -0.2) is 0 Å². The Kier molecular flexibility index (Phi) is 2.67. The molecule has 15 heavy (non-hydrogen) atoms. The Morgan fingerprint density at radius 2 is 2.20 bits per heavy atom. The molecule has 1 saturated heterocycles. The van der Waals surface area contributed by atoms with E-state index in [-0.39, 0.29) is 24.2 Å². The first-order valence-electron chi connectivity index (χ1n) is 5.67. The van der Waals surface area contributed by atoms with Gasteiger partial charge in [0.05, 0.1) is 12.3 Å². The van der Waals surface area contributed by atoms with E-state index >= 15 is 0 Å². The highest BCUT2D eigenvalue weighted by molar-refractivity contribution is 5.87. The number of amides is 1. The highest BCUT2D eigenvalue weighted by Gasteiger charge is 2.53. The molecule has 4 heteroatoms. The van der Waals surface area contributed by atoms with Crippen LogP contribution >= 0.6 is 0 Å². The summed E-state index contributed by atoms with van der Waals surface area (Å²) in [7, 11) is 0. The van der Waals surface area contributed by atoms with E-state index in [9.17, 15) is 9.59 Å². The molecule has 4 nitrogen and oxygen atoms in total. The standard InChI is InChI=1S/C11H17NO3/c1-2-12-10(14)8-7-9(13)15-11(8)5-3-4-6-11/h8H,2-7H2,1H3,(H,12,14)/t8-/m0/s1. The number of carbonyl (C=O) groups excluding carboxylic acids is 2. The van der Waals surface area contributed by atoms with E-state index in [4.69, 9.17) is 4.74 Å². The van der Waals surface area contributed by atoms with Crippen molar-refractivity contribution in [1.82, 2.24) is 5.32 Å². The van der Waals surface area contributed by atoms with Gasteiger partial charge < -0.3 is 10.1 Å². The molecule has 2 fully saturated rings. The van der Waals surface area contributed by atoms with Gasteiger partial charge in [-0.2, -0.15) is 0 Å². The average Bonchev–Trinajstić information content (AvgIpc) is 2.75. The molecule has 2 aliphatic rings. The summed E-state index contributed by atoms with van der Waals surface area (Å²) in [6.07, 6.45) is 4.07. The topological polar surface area (TPSA) is 55.4 Å². The lowest BCUT2D eigenvalue weighted by Gasteiger charge is -2.27. The van der Waals surface area contributed by atoms with E-state index in [0.29, 0.717) is 6.54 Å². The molecule has 1 amide bonds. The number of hydrogen-bond acceptors (Lipinski definition) is 3. The summed E-state index contributed by atoms with van der Waals surface area (Å²) in [5.41, 5.74) is -0.462. The molecule has 0 aromatic carbocycles. The van der Waals surface area contributed by atoms with Crippen molar-refractivity contribution in [2.45, 2.75) is 44.6 Å². The van der Waals surface area contributed by atoms with Gasteiger partial charge in [0.2, 0.25) is 5.91 Å². The minimum absolute atomic E-state index is 0.0229. The lowest BCUT2D eigenvalue weighted by molar-refractivity contribution is -0.149. The van der Waals surface area contributed by atoms with E-state index in [2.05, 4.69) is 5.32 Å². The van der Waals surface area contributed by atoms with Gasteiger partial charge in [-0.15, -0.1) is 0 Å². The van der Waals surface area contributed by atoms with Crippen LogP contribution in [0.2, 0.25) is 0 Å². The second kappa shape index (κ2) is 3.83. The zero-order chi connectivity index (χ0) is 10.9. The molecular formula is C11H17NO3. The Balaban J connectivity index is 2.14. The Morgan fingerprint density at radius 1 is 1.53 bits per heavy atom. The van der Waals surface area contributed by atoms with Crippen molar-refractivity contribution in [2.75, 3.05) is 6.54 Å². The number of hydrogen-bond donors (Lipinski definition) is 1. The highest BCUT2D eigenvalue weighted by atomic mass is 16.6. The van der Waals surface area contributed by atoms with Gasteiger partial charge >= 0.3 is 5.97 Å². The van der Waals surface area contributed by atoms with Crippen LogP contribution in [0, 0.1) is 5.92 Å². The van der Waals surface area contributed by atoms with Crippen molar-refractivity contribution in [3.8, 4) is 0 Å². The summed E-state index contributed by atoms with van der Waals surface area (Å²) in [5.74, 6) is -0.495. The van der Waals surface area contributed by atoms with E-state index in [1.165, 1.54) is 0 Å². The molecule has 0 bridgehead atoms. The van der Waals surface area contributed by atoms with E-state index in [1.807, 2.05) is 6.92 Å². The largest absolute Gasteiger partial charge is 0.458 e. The molecule has 1 spiro atoms. The average molecular weight is 211 g/mol. The van der Waals surface area contributed by atoms with Crippen LogP contribution in [0.1, 0.15) is 39.0 Å². The second-order valence-electron chi connectivity index (χ2n) is 4.40. The van der Waals surface area contributed by atoms with E-state index < -0.39 is 5.60 Å². The van der Waals surface area contributed by atoms with Gasteiger partial charge in [-0.05, 0) is 32.6 Å². The fourth-order valence-electron chi connectivity index (χ4n) is 2.75. The quantitative estimate of drug-likeness (QED) is 0.693. The van der Waals surface area contributed by atoms with E-state index in [1.54, 1.807) is 0 Å². The molecule has 0 unspecified atom stereocenters. The van der Waals surface area contributed by atoms with Crippen LogP contribution in [0.5, 0.6) is 0 Å². The Labute approximate surface area is 89.4 Å². The minimum Gasteiger partial charge on any atom is -0.458 e. The lowest BCUT2D eigenvalue weighted by Crippen LogP contribution is -2.42. The normalized spacial score (nSPS) is 28.1. The molecule has 1 saturated carbocycles. The van der Waals surface area contributed by atoms with Gasteiger partial charge in [0.1, 0.15) is 5.60 Å². The Morgan fingerprint density at radius 3 is 2.80 bits per heavy atom. The van der Waals surface area contributed by atoms with Crippen LogP contribution in [0.15, 0.2) is 0 Å². The van der Waals surface area contributed by atoms with Crippen molar-refractivity contribution >= 4 is 11.9 Å². The summed E-state index contributed by atoms with van der Waals surface area (Å²) in [5, 5.41) is 2.79. The highest BCUT2D eigenvalue weighted by Crippen LogP contribution is 2.45. The molecule has 1 heterocycles. The smallest absolute Gasteiger partial charge is 0.307 e. The molecule has 84 valence electrons. The van der Waals surface area contributed by atoms with Crippen molar-refractivity contribution < 1.29 is 14.3 Å².